The summed E-state index contributed by atoms with van der Waals surface area (Å²) in [5, 5.41) is 0. The van der Waals surface area contributed by atoms with E-state index < -0.39 is 39.8 Å². The molecule has 0 atom stereocenters. The highest BCUT2D eigenvalue weighted by molar-refractivity contribution is 7.87. The molecule has 0 radical (unpaired) electrons. The van der Waals surface area contributed by atoms with Gasteiger partial charge in [-0.1, -0.05) is 54.6 Å². The van der Waals surface area contributed by atoms with Gasteiger partial charge in [0.15, 0.2) is 0 Å². The standard InChI is InChI=1S/C29H32O9S/c1-4-36-27(30)18-19-28(31)38-39(32,33)21-20-37-29(22-8-6-5-7-9-22,23-10-14-25(34-2)15-11-23)24-12-16-26(35-3)17-13-24/h5-17H,4,18-21H2,1-3H3. The predicted molar refractivity (Wildman–Crippen MR) is 144 cm³/mol. The van der Waals surface area contributed by atoms with Gasteiger partial charge < -0.3 is 23.1 Å². The largest absolute Gasteiger partial charge is 0.497 e. The van der Waals surface area contributed by atoms with E-state index in [1.165, 1.54) is 0 Å². The molecule has 3 aromatic rings. The van der Waals surface area contributed by atoms with E-state index in [-0.39, 0.29) is 19.6 Å². The molecular formula is C29H32O9S. The van der Waals surface area contributed by atoms with Crippen LogP contribution in [0.2, 0.25) is 0 Å². The van der Waals surface area contributed by atoms with Crippen LogP contribution in [0.1, 0.15) is 36.5 Å². The average Bonchev–Trinajstić information content (AvgIpc) is 2.95. The van der Waals surface area contributed by atoms with E-state index in [1.54, 1.807) is 45.4 Å². The van der Waals surface area contributed by atoms with Crippen molar-refractivity contribution in [2.75, 3.05) is 33.2 Å². The van der Waals surface area contributed by atoms with Gasteiger partial charge >= 0.3 is 22.1 Å². The second kappa shape index (κ2) is 13.8. The summed E-state index contributed by atoms with van der Waals surface area (Å²) in [6, 6.07) is 23.9. The van der Waals surface area contributed by atoms with E-state index >= 15 is 0 Å². The van der Waals surface area contributed by atoms with Crippen molar-refractivity contribution in [3.63, 3.8) is 0 Å². The highest BCUT2D eigenvalue weighted by atomic mass is 32.2. The van der Waals surface area contributed by atoms with Gasteiger partial charge in [-0.2, -0.15) is 8.42 Å². The SMILES string of the molecule is CCOC(=O)CCC(=O)OS(=O)(=O)CCOC(c1ccccc1)(c1ccc(OC)cc1)c1ccc(OC)cc1. The number of ether oxygens (including phenoxy) is 4. The van der Waals surface area contributed by atoms with Crippen LogP contribution in [-0.4, -0.2) is 53.5 Å². The lowest BCUT2D eigenvalue weighted by Crippen LogP contribution is -2.35. The molecule has 9 nitrogen and oxygen atoms in total. The molecule has 10 heteroatoms. The van der Waals surface area contributed by atoms with Gasteiger partial charge in [0.2, 0.25) is 0 Å². The van der Waals surface area contributed by atoms with E-state index in [2.05, 4.69) is 4.18 Å². The second-order valence-corrected chi connectivity index (χ2v) is 10.1. The number of hydrogen-bond acceptors (Lipinski definition) is 9. The van der Waals surface area contributed by atoms with Crippen molar-refractivity contribution in [1.29, 1.82) is 0 Å². The topological polar surface area (TPSA) is 114 Å². The molecule has 0 aliphatic carbocycles. The van der Waals surface area contributed by atoms with Gasteiger partial charge in [-0.25, -0.2) is 0 Å². The first kappa shape index (κ1) is 29.7. The summed E-state index contributed by atoms with van der Waals surface area (Å²) in [5.41, 5.74) is 0.986. The third-order valence-corrected chi connectivity index (χ3v) is 6.99. The molecule has 0 heterocycles. The monoisotopic (exact) mass is 556 g/mol. The number of methoxy groups -OCH3 is 2. The first-order chi connectivity index (χ1) is 18.7. The zero-order valence-corrected chi connectivity index (χ0v) is 22.9. The van der Waals surface area contributed by atoms with Gasteiger partial charge in [-0.05, 0) is 47.9 Å². The Bertz CT molecular complexity index is 1270. The second-order valence-electron chi connectivity index (χ2n) is 8.37. The van der Waals surface area contributed by atoms with Crippen molar-refractivity contribution in [3.05, 3.63) is 95.6 Å². The van der Waals surface area contributed by atoms with Crippen LogP contribution in [0, 0.1) is 0 Å². The summed E-state index contributed by atoms with van der Waals surface area (Å²) in [6.07, 6.45) is -0.685. The van der Waals surface area contributed by atoms with Gasteiger partial charge in [0, 0.05) is 0 Å². The predicted octanol–water partition coefficient (Wildman–Crippen LogP) is 4.23. The van der Waals surface area contributed by atoms with E-state index in [0.29, 0.717) is 11.5 Å². The molecule has 0 N–H and O–H groups in total. The minimum atomic E-state index is -4.30. The summed E-state index contributed by atoms with van der Waals surface area (Å²) in [6.45, 7) is 1.49. The maximum atomic E-state index is 12.6. The van der Waals surface area contributed by atoms with Gasteiger partial charge in [0.25, 0.3) is 0 Å². The average molecular weight is 557 g/mol. The zero-order chi connectivity index (χ0) is 28.3. The third kappa shape index (κ3) is 7.81. The van der Waals surface area contributed by atoms with E-state index in [0.717, 1.165) is 16.7 Å². The highest BCUT2D eigenvalue weighted by Crippen LogP contribution is 2.41. The van der Waals surface area contributed by atoms with Crippen molar-refractivity contribution >= 4 is 22.1 Å². The highest BCUT2D eigenvalue weighted by Gasteiger charge is 2.38. The van der Waals surface area contributed by atoms with E-state index in [1.807, 2.05) is 54.6 Å². The minimum absolute atomic E-state index is 0.162. The van der Waals surface area contributed by atoms with Crippen molar-refractivity contribution < 1.29 is 41.1 Å². The molecule has 3 aromatic carbocycles. The van der Waals surface area contributed by atoms with Gasteiger partial charge in [0.05, 0.1) is 40.3 Å². The third-order valence-electron chi connectivity index (χ3n) is 5.88. The molecule has 0 spiro atoms. The number of carbonyl (C=O) groups excluding carboxylic acids is 2. The maximum Gasteiger partial charge on any atom is 0.322 e. The Hall–Kier alpha value is -3.89. The zero-order valence-electron chi connectivity index (χ0n) is 22.1. The van der Waals surface area contributed by atoms with Crippen LogP contribution in [0.25, 0.3) is 0 Å². The molecule has 0 aliphatic rings. The van der Waals surface area contributed by atoms with Gasteiger partial charge in [-0.3, -0.25) is 9.59 Å². The fraction of sp³-hybridized carbons (Fsp3) is 0.310. The van der Waals surface area contributed by atoms with Crippen molar-refractivity contribution in [2.24, 2.45) is 0 Å². The summed E-state index contributed by atoms with van der Waals surface area (Å²) >= 11 is 0. The molecule has 0 saturated carbocycles. The van der Waals surface area contributed by atoms with Crippen LogP contribution in [-0.2, 0) is 39.0 Å². The van der Waals surface area contributed by atoms with Crippen LogP contribution in [0.4, 0.5) is 0 Å². The Morgan fingerprint density at radius 2 is 1.21 bits per heavy atom. The quantitative estimate of drug-likeness (QED) is 0.163. The maximum absolute atomic E-state index is 12.6. The Kier molecular flexibility index (Phi) is 10.5. The molecule has 0 amide bonds. The van der Waals surface area contributed by atoms with Crippen LogP contribution < -0.4 is 9.47 Å². The molecule has 0 fully saturated rings. The molecule has 208 valence electrons. The lowest BCUT2D eigenvalue weighted by molar-refractivity contribution is -0.146. The molecule has 0 aromatic heterocycles. The van der Waals surface area contributed by atoms with Gasteiger partial charge in [0.1, 0.15) is 22.9 Å². The molecule has 39 heavy (non-hydrogen) atoms. The van der Waals surface area contributed by atoms with Crippen molar-refractivity contribution in [2.45, 2.75) is 25.4 Å². The molecule has 0 aliphatic heterocycles. The summed E-state index contributed by atoms with van der Waals surface area (Å²) in [7, 11) is -1.16. The first-order valence-corrected chi connectivity index (χ1v) is 13.9. The van der Waals surface area contributed by atoms with Crippen LogP contribution in [0.5, 0.6) is 11.5 Å². The number of hydrogen-bond donors (Lipinski definition) is 0. The number of rotatable bonds is 14. The summed E-state index contributed by atoms with van der Waals surface area (Å²) < 4.78 is 51.7. The molecule has 0 unspecified atom stereocenters. The number of carbonyl (C=O) groups is 2. The number of benzene rings is 3. The van der Waals surface area contributed by atoms with Crippen molar-refractivity contribution in [3.8, 4) is 11.5 Å². The Balaban J connectivity index is 1.91. The Morgan fingerprint density at radius 3 is 1.69 bits per heavy atom. The van der Waals surface area contributed by atoms with Crippen LogP contribution in [0.15, 0.2) is 78.9 Å². The Morgan fingerprint density at radius 1 is 0.718 bits per heavy atom. The lowest BCUT2D eigenvalue weighted by Gasteiger charge is -2.36. The van der Waals surface area contributed by atoms with Crippen LogP contribution >= 0.6 is 0 Å². The normalized spacial score (nSPS) is 11.5. The smallest absolute Gasteiger partial charge is 0.322 e. The van der Waals surface area contributed by atoms with E-state index in [4.69, 9.17) is 18.9 Å². The lowest BCUT2D eigenvalue weighted by atomic mass is 9.80. The summed E-state index contributed by atoms with van der Waals surface area (Å²) in [5.74, 6) is -0.955. The summed E-state index contributed by atoms with van der Waals surface area (Å²) in [4.78, 5) is 23.5. The van der Waals surface area contributed by atoms with Crippen LogP contribution in [0.3, 0.4) is 0 Å². The fourth-order valence-corrected chi connectivity index (χ4v) is 4.77. The Labute approximate surface area is 228 Å². The van der Waals surface area contributed by atoms with Gasteiger partial charge in [-0.15, -0.1) is 0 Å². The first-order valence-electron chi connectivity index (χ1n) is 12.3. The fourth-order valence-electron chi connectivity index (χ4n) is 4.03. The molecular weight excluding hydrogens is 524 g/mol. The van der Waals surface area contributed by atoms with Crippen molar-refractivity contribution in [1.82, 2.24) is 0 Å². The number of esters is 1. The molecule has 3 rings (SSSR count). The minimum Gasteiger partial charge on any atom is -0.497 e. The van der Waals surface area contributed by atoms with E-state index in [9.17, 15) is 18.0 Å². The molecule has 0 bridgehead atoms. The molecule has 0 saturated heterocycles.